The molecule has 0 saturated heterocycles. The first kappa shape index (κ1) is 4.47. The van der Waals surface area contributed by atoms with Crippen molar-refractivity contribution in [1.29, 1.82) is 0 Å². The first-order valence-electron chi connectivity index (χ1n) is 1.72. The normalized spacial score (nSPS) is 21.2. The molecule has 0 aromatic rings. The van der Waals surface area contributed by atoms with Gasteiger partial charge in [0.15, 0.2) is 4.50 Å². The van der Waals surface area contributed by atoms with Crippen molar-refractivity contribution in [3.8, 4) is 0 Å². The summed E-state index contributed by atoms with van der Waals surface area (Å²) < 4.78 is 0.718. The van der Waals surface area contributed by atoms with Crippen LogP contribution in [0.5, 0.6) is 0 Å². The number of hydrogen-bond donors (Lipinski definition) is 0. The van der Waals surface area contributed by atoms with E-state index in [1.165, 1.54) is 0 Å². The Hall–Kier alpha value is 0.310. The van der Waals surface area contributed by atoms with Crippen molar-refractivity contribution in [2.24, 2.45) is 4.99 Å². The molecule has 0 aromatic heterocycles. The fourth-order valence-electron chi connectivity index (χ4n) is 0.309. The SMILES string of the molecule is ClC1=NCCS1. The number of aliphatic imine (C=N–C) groups is 1. The summed E-state index contributed by atoms with van der Waals surface area (Å²) in [6.45, 7) is 0.906. The summed E-state index contributed by atoms with van der Waals surface area (Å²) in [4.78, 5) is 3.88. The molecule has 6 heavy (non-hydrogen) atoms. The van der Waals surface area contributed by atoms with E-state index in [-0.39, 0.29) is 0 Å². The van der Waals surface area contributed by atoms with E-state index in [1.807, 2.05) is 0 Å². The van der Waals surface area contributed by atoms with E-state index in [9.17, 15) is 0 Å². The molecular weight excluding hydrogens is 118 g/mol. The maximum Gasteiger partial charge on any atom is 0.158 e. The van der Waals surface area contributed by atoms with Gasteiger partial charge in [0.25, 0.3) is 0 Å². The van der Waals surface area contributed by atoms with Gasteiger partial charge in [-0.05, 0) is 0 Å². The zero-order valence-electron chi connectivity index (χ0n) is 3.15. The van der Waals surface area contributed by atoms with E-state index in [4.69, 9.17) is 11.6 Å². The van der Waals surface area contributed by atoms with E-state index in [0.717, 1.165) is 16.8 Å². The van der Waals surface area contributed by atoms with Crippen molar-refractivity contribution in [3.63, 3.8) is 0 Å². The highest BCUT2D eigenvalue weighted by molar-refractivity contribution is 8.17. The van der Waals surface area contributed by atoms with Gasteiger partial charge in [-0.25, -0.2) is 0 Å². The summed E-state index contributed by atoms with van der Waals surface area (Å²) >= 11 is 7.04. The van der Waals surface area contributed by atoms with Crippen molar-refractivity contribution >= 4 is 27.9 Å². The molecule has 0 atom stereocenters. The van der Waals surface area contributed by atoms with Crippen LogP contribution in [0.25, 0.3) is 0 Å². The van der Waals surface area contributed by atoms with Crippen molar-refractivity contribution < 1.29 is 0 Å². The molecule has 1 nitrogen and oxygen atoms in total. The second kappa shape index (κ2) is 1.85. The van der Waals surface area contributed by atoms with Crippen molar-refractivity contribution in [2.75, 3.05) is 12.3 Å². The molecule has 0 saturated carbocycles. The van der Waals surface area contributed by atoms with Crippen LogP contribution < -0.4 is 0 Å². The van der Waals surface area contributed by atoms with E-state index >= 15 is 0 Å². The molecule has 1 aliphatic heterocycles. The molecule has 0 spiro atoms. The van der Waals surface area contributed by atoms with Gasteiger partial charge in [-0.1, -0.05) is 23.4 Å². The highest BCUT2D eigenvalue weighted by atomic mass is 35.5. The molecule has 0 aliphatic carbocycles. The predicted molar refractivity (Wildman–Crippen MR) is 30.6 cm³/mol. The van der Waals surface area contributed by atoms with Gasteiger partial charge >= 0.3 is 0 Å². The fourth-order valence-corrected chi connectivity index (χ4v) is 1.16. The topological polar surface area (TPSA) is 12.4 Å². The molecule has 34 valence electrons. The third-order valence-electron chi connectivity index (χ3n) is 0.549. The standard InChI is InChI=1S/C3H4ClNS/c4-3-5-1-2-6-3/h1-2H2. The number of nitrogens with zero attached hydrogens (tertiary/aromatic N) is 1. The van der Waals surface area contributed by atoms with Crippen LogP contribution in [0.3, 0.4) is 0 Å². The maximum absolute atomic E-state index is 5.43. The van der Waals surface area contributed by atoms with Gasteiger partial charge < -0.3 is 0 Å². The number of halogens is 1. The zero-order chi connectivity index (χ0) is 4.41. The van der Waals surface area contributed by atoms with Crippen molar-refractivity contribution in [1.82, 2.24) is 0 Å². The minimum Gasteiger partial charge on any atom is -0.266 e. The van der Waals surface area contributed by atoms with Gasteiger partial charge in [-0.3, -0.25) is 4.99 Å². The van der Waals surface area contributed by atoms with Gasteiger partial charge in [0, 0.05) is 5.75 Å². The molecule has 3 heteroatoms. The van der Waals surface area contributed by atoms with Crippen molar-refractivity contribution in [2.45, 2.75) is 0 Å². The number of thioether (sulfide) groups is 1. The van der Waals surface area contributed by atoms with Crippen LogP contribution in [-0.2, 0) is 0 Å². The highest BCUT2D eigenvalue weighted by Gasteiger charge is 1.99. The molecule has 0 radical (unpaired) electrons. The highest BCUT2D eigenvalue weighted by Crippen LogP contribution is 2.13. The summed E-state index contributed by atoms with van der Waals surface area (Å²) in [5, 5.41) is 0. The van der Waals surface area contributed by atoms with Crippen LogP contribution in [0.1, 0.15) is 0 Å². The van der Waals surface area contributed by atoms with Crippen molar-refractivity contribution in [3.05, 3.63) is 0 Å². The monoisotopic (exact) mass is 121 g/mol. The Bertz CT molecular complexity index is 80.9. The van der Waals surface area contributed by atoms with E-state index in [1.54, 1.807) is 11.8 Å². The Morgan fingerprint density at radius 3 is 2.83 bits per heavy atom. The second-order valence-corrected chi connectivity index (χ2v) is 2.65. The van der Waals surface area contributed by atoms with Gasteiger partial charge in [-0.2, -0.15) is 0 Å². The van der Waals surface area contributed by atoms with Crippen LogP contribution in [0.4, 0.5) is 0 Å². The first-order valence-corrected chi connectivity index (χ1v) is 3.09. The van der Waals surface area contributed by atoms with Crippen LogP contribution in [0.2, 0.25) is 0 Å². The second-order valence-electron chi connectivity index (χ2n) is 0.983. The number of hydrogen-bond acceptors (Lipinski definition) is 2. The molecule has 1 heterocycles. The minimum atomic E-state index is 0.718. The lowest BCUT2D eigenvalue weighted by Gasteiger charge is -1.73. The maximum atomic E-state index is 5.43. The Balaban J connectivity index is 2.45. The molecule has 0 amide bonds. The molecule has 0 N–H and O–H groups in total. The zero-order valence-corrected chi connectivity index (χ0v) is 4.72. The smallest absolute Gasteiger partial charge is 0.158 e. The van der Waals surface area contributed by atoms with E-state index in [2.05, 4.69) is 4.99 Å². The average Bonchev–Trinajstić information content (AvgIpc) is 1.86. The summed E-state index contributed by atoms with van der Waals surface area (Å²) in [7, 11) is 0. The minimum absolute atomic E-state index is 0.718. The third kappa shape index (κ3) is 0.884. The summed E-state index contributed by atoms with van der Waals surface area (Å²) in [6.07, 6.45) is 0. The number of rotatable bonds is 0. The lowest BCUT2D eigenvalue weighted by Crippen LogP contribution is -1.69. The average molecular weight is 122 g/mol. The van der Waals surface area contributed by atoms with Gasteiger partial charge in [0.2, 0.25) is 0 Å². The Morgan fingerprint density at radius 2 is 2.67 bits per heavy atom. The van der Waals surface area contributed by atoms with Crippen LogP contribution in [-0.4, -0.2) is 16.8 Å². The molecule has 0 aromatic carbocycles. The largest absolute Gasteiger partial charge is 0.266 e. The third-order valence-corrected chi connectivity index (χ3v) is 1.75. The molecule has 0 bridgehead atoms. The summed E-state index contributed by atoms with van der Waals surface area (Å²) in [5.74, 6) is 1.07. The van der Waals surface area contributed by atoms with Gasteiger partial charge in [0.05, 0.1) is 6.54 Å². The molecule has 1 rings (SSSR count). The van der Waals surface area contributed by atoms with E-state index < -0.39 is 0 Å². The molecular formula is C3H4ClNS. The Labute approximate surface area is 45.8 Å². The summed E-state index contributed by atoms with van der Waals surface area (Å²) in [6, 6.07) is 0. The Kier molecular flexibility index (Phi) is 1.37. The lowest BCUT2D eigenvalue weighted by molar-refractivity contribution is 1.18. The van der Waals surface area contributed by atoms with E-state index in [0.29, 0.717) is 0 Å². The fraction of sp³-hybridized carbons (Fsp3) is 0.667. The van der Waals surface area contributed by atoms with Crippen LogP contribution >= 0.6 is 23.4 Å². The van der Waals surface area contributed by atoms with Crippen LogP contribution in [0, 0.1) is 0 Å². The molecule has 0 unspecified atom stereocenters. The Morgan fingerprint density at radius 1 is 1.83 bits per heavy atom. The first-order chi connectivity index (χ1) is 2.89. The lowest BCUT2D eigenvalue weighted by atomic mass is 10.8. The van der Waals surface area contributed by atoms with Crippen LogP contribution in [0.15, 0.2) is 4.99 Å². The summed E-state index contributed by atoms with van der Waals surface area (Å²) in [5.41, 5.74) is 0. The quantitative estimate of drug-likeness (QED) is 0.471. The molecule has 1 aliphatic rings. The predicted octanol–water partition coefficient (Wildman–Crippen LogP) is 1.33. The van der Waals surface area contributed by atoms with Gasteiger partial charge in [0.1, 0.15) is 0 Å². The molecule has 0 fully saturated rings. The van der Waals surface area contributed by atoms with Gasteiger partial charge in [-0.15, -0.1) is 0 Å².